The minimum absolute atomic E-state index is 0.118. The number of carbonyl (C=O) groups excluding carboxylic acids is 1. The maximum atomic E-state index is 12.1. The number of carboxylic acid groups (broad SMARTS) is 1. The van der Waals surface area contributed by atoms with Crippen LogP contribution < -0.4 is 10.6 Å². The first-order chi connectivity index (χ1) is 9.85. The number of halogens is 1. The second-order valence-corrected chi connectivity index (χ2v) is 5.87. The lowest BCUT2D eigenvalue weighted by molar-refractivity contribution is 0.0696. The molecule has 0 saturated carbocycles. The fourth-order valence-electron chi connectivity index (χ4n) is 2.20. The summed E-state index contributed by atoms with van der Waals surface area (Å²) >= 11 is 3.24. The van der Waals surface area contributed by atoms with E-state index in [0.717, 1.165) is 19.3 Å². The molecular formula is C15H21BrN2O3. The highest BCUT2D eigenvalue weighted by atomic mass is 79.9. The molecule has 3 N–H and O–H groups in total. The monoisotopic (exact) mass is 356 g/mol. The summed E-state index contributed by atoms with van der Waals surface area (Å²) in [5.41, 5.74) is 0.329. The zero-order chi connectivity index (χ0) is 16.0. The Balaban J connectivity index is 2.86. The van der Waals surface area contributed by atoms with Crippen molar-refractivity contribution in [2.24, 2.45) is 0 Å². The van der Waals surface area contributed by atoms with Crippen molar-refractivity contribution in [3.8, 4) is 0 Å². The van der Waals surface area contributed by atoms with Crippen LogP contribution in [0, 0.1) is 0 Å². The number of carboxylic acids is 1. The number of rotatable bonds is 6. The quantitative estimate of drug-likeness (QED) is 0.713. The summed E-state index contributed by atoms with van der Waals surface area (Å²) in [6.07, 6.45) is 2.52. The van der Waals surface area contributed by atoms with Gasteiger partial charge in [0, 0.05) is 15.7 Å². The van der Waals surface area contributed by atoms with Crippen LogP contribution in [0.15, 0.2) is 22.7 Å². The number of urea groups is 1. The van der Waals surface area contributed by atoms with Crippen LogP contribution in [0.5, 0.6) is 0 Å². The van der Waals surface area contributed by atoms with Crippen LogP contribution >= 0.6 is 15.9 Å². The molecule has 0 fully saturated rings. The molecule has 0 aliphatic rings. The van der Waals surface area contributed by atoms with Crippen molar-refractivity contribution >= 4 is 33.6 Å². The Labute approximate surface area is 133 Å². The van der Waals surface area contributed by atoms with E-state index in [0.29, 0.717) is 10.2 Å². The third kappa shape index (κ3) is 4.74. The molecule has 0 bridgehead atoms. The van der Waals surface area contributed by atoms with E-state index in [1.165, 1.54) is 12.1 Å². The van der Waals surface area contributed by atoms with Gasteiger partial charge in [0.1, 0.15) is 0 Å². The Morgan fingerprint density at radius 3 is 2.19 bits per heavy atom. The van der Waals surface area contributed by atoms with Crippen LogP contribution in [0.1, 0.15) is 50.4 Å². The van der Waals surface area contributed by atoms with Crippen molar-refractivity contribution in [1.29, 1.82) is 0 Å². The predicted octanol–water partition coefficient (Wildman–Crippen LogP) is 4.24. The smallest absolute Gasteiger partial charge is 0.335 e. The first-order valence-electron chi connectivity index (χ1n) is 6.98. The van der Waals surface area contributed by atoms with Crippen LogP contribution in [0.25, 0.3) is 0 Å². The Hall–Kier alpha value is -1.56. The summed E-state index contributed by atoms with van der Waals surface area (Å²) in [6.45, 7) is 6.11. The molecule has 1 aromatic carbocycles. The Morgan fingerprint density at radius 1 is 1.14 bits per heavy atom. The highest BCUT2D eigenvalue weighted by Gasteiger charge is 2.25. The number of benzene rings is 1. The van der Waals surface area contributed by atoms with Gasteiger partial charge in [0.25, 0.3) is 0 Å². The number of hydrogen-bond donors (Lipinski definition) is 3. The molecule has 21 heavy (non-hydrogen) atoms. The molecule has 116 valence electrons. The van der Waals surface area contributed by atoms with Crippen molar-refractivity contribution in [3.63, 3.8) is 0 Å². The third-order valence-electron chi connectivity index (χ3n) is 3.81. The van der Waals surface area contributed by atoms with Crippen molar-refractivity contribution in [3.05, 3.63) is 28.2 Å². The lowest BCUT2D eigenvalue weighted by atomic mass is 9.90. The lowest BCUT2D eigenvalue weighted by Gasteiger charge is -2.31. The standard InChI is InChI=1S/C15H21BrN2O3/c1-4-15(5-2,6-3)18-14(21)17-12-8-10(13(19)20)7-11(16)9-12/h7-9H,4-6H2,1-3H3,(H,19,20)(H2,17,18,21). The zero-order valence-electron chi connectivity index (χ0n) is 12.5. The second-order valence-electron chi connectivity index (χ2n) is 4.95. The average Bonchev–Trinajstić information content (AvgIpc) is 2.44. The number of amides is 2. The number of hydrogen-bond acceptors (Lipinski definition) is 2. The molecule has 0 aliphatic carbocycles. The van der Waals surface area contributed by atoms with E-state index in [9.17, 15) is 9.59 Å². The molecule has 0 radical (unpaired) electrons. The minimum Gasteiger partial charge on any atom is -0.478 e. The van der Waals surface area contributed by atoms with Crippen molar-refractivity contribution in [2.75, 3.05) is 5.32 Å². The Kier molecular flexibility index (Phi) is 6.20. The molecule has 0 saturated heterocycles. The largest absolute Gasteiger partial charge is 0.478 e. The summed E-state index contributed by atoms with van der Waals surface area (Å²) in [5.74, 6) is -1.04. The lowest BCUT2D eigenvalue weighted by Crippen LogP contribution is -2.48. The van der Waals surface area contributed by atoms with E-state index in [1.54, 1.807) is 6.07 Å². The summed E-state index contributed by atoms with van der Waals surface area (Å²) in [6, 6.07) is 4.25. The van der Waals surface area contributed by atoms with Gasteiger partial charge in [0.05, 0.1) is 5.56 Å². The highest BCUT2D eigenvalue weighted by molar-refractivity contribution is 9.10. The van der Waals surface area contributed by atoms with Gasteiger partial charge >= 0.3 is 12.0 Å². The molecule has 0 aromatic heterocycles. The van der Waals surface area contributed by atoms with Gasteiger partial charge < -0.3 is 15.7 Å². The number of nitrogens with one attached hydrogen (secondary N) is 2. The van der Waals surface area contributed by atoms with Gasteiger partial charge in [-0.2, -0.15) is 0 Å². The minimum atomic E-state index is -1.04. The molecule has 0 spiro atoms. The van der Waals surface area contributed by atoms with Gasteiger partial charge in [-0.15, -0.1) is 0 Å². The first-order valence-corrected chi connectivity index (χ1v) is 7.78. The molecule has 5 nitrogen and oxygen atoms in total. The zero-order valence-corrected chi connectivity index (χ0v) is 14.1. The van der Waals surface area contributed by atoms with Crippen molar-refractivity contribution in [1.82, 2.24) is 5.32 Å². The molecule has 0 aliphatic heterocycles. The molecule has 0 unspecified atom stereocenters. The molecule has 0 atom stereocenters. The molecular weight excluding hydrogens is 336 g/mol. The molecule has 2 amide bonds. The third-order valence-corrected chi connectivity index (χ3v) is 4.27. The predicted molar refractivity (Wildman–Crippen MR) is 86.9 cm³/mol. The Bertz CT molecular complexity index is 519. The van der Waals surface area contributed by atoms with E-state index in [1.807, 2.05) is 20.8 Å². The molecule has 0 heterocycles. The van der Waals surface area contributed by atoms with Crippen LogP contribution in [0.2, 0.25) is 0 Å². The van der Waals surface area contributed by atoms with Gasteiger partial charge in [-0.1, -0.05) is 36.7 Å². The average molecular weight is 357 g/mol. The molecule has 1 aromatic rings. The van der Waals surface area contributed by atoms with Crippen LogP contribution in [0.4, 0.5) is 10.5 Å². The molecule has 1 rings (SSSR count). The fraction of sp³-hybridized carbons (Fsp3) is 0.467. The maximum absolute atomic E-state index is 12.1. The Morgan fingerprint density at radius 2 is 1.71 bits per heavy atom. The van der Waals surface area contributed by atoms with Gasteiger partial charge in [-0.3, -0.25) is 0 Å². The van der Waals surface area contributed by atoms with Gasteiger partial charge in [0.15, 0.2) is 0 Å². The summed E-state index contributed by atoms with van der Waals surface area (Å²) in [7, 11) is 0. The summed E-state index contributed by atoms with van der Waals surface area (Å²) in [5, 5.41) is 14.7. The van der Waals surface area contributed by atoms with Crippen molar-refractivity contribution < 1.29 is 14.7 Å². The van der Waals surface area contributed by atoms with E-state index in [-0.39, 0.29) is 17.1 Å². The highest BCUT2D eigenvalue weighted by Crippen LogP contribution is 2.22. The summed E-state index contributed by atoms with van der Waals surface area (Å²) in [4.78, 5) is 23.1. The van der Waals surface area contributed by atoms with Crippen LogP contribution in [0.3, 0.4) is 0 Å². The van der Waals surface area contributed by atoms with Gasteiger partial charge in [-0.05, 0) is 37.5 Å². The SMILES string of the molecule is CCC(CC)(CC)NC(=O)Nc1cc(Br)cc(C(=O)O)c1. The number of aromatic carboxylic acids is 1. The van der Waals surface area contributed by atoms with E-state index < -0.39 is 5.97 Å². The normalized spacial score (nSPS) is 11.0. The van der Waals surface area contributed by atoms with Crippen molar-refractivity contribution in [2.45, 2.75) is 45.6 Å². The van der Waals surface area contributed by atoms with E-state index in [2.05, 4.69) is 26.6 Å². The maximum Gasteiger partial charge on any atom is 0.335 e. The second kappa shape index (κ2) is 7.45. The van der Waals surface area contributed by atoms with Crippen LogP contribution in [-0.4, -0.2) is 22.6 Å². The number of carbonyl (C=O) groups is 2. The molecule has 6 heteroatoms. The van der Waals surface area contributed by atoms with Crippen LogP contribution in [-0.2, 0) is 0 Å². The fourth-order valence-corrected chi connectivity index (χ4v) is 2.70. The van der Waals surface area contributed by atoms with E-state index in [4.69, 9.17) is 5.11 Å². The first kappa shape index (κ1) is 17.5. The summed E-state index contributed by atoms with van der Waals surface area (Å²) < 4.78 is 0.602. The number of anilines is 1. The van der Waals surface area contributed by atoms with Gasteiger partial charge in [-0.25, -0.2) is 9.59 Å². The van der Waals surface area contributed by atoms with E-state index >= 15 is 0 Å². The topological polar surface area (TPSA) is 78.4 Å². The van der Waals surface area contributed by atoms with Gasteiger partial charge in [0.2, 0.25) is 0 Å².